The average molecular weight is 220 g/mol. The molecule has 0 aromatic carbocycles. The summed E-state index contributed by atoms with van der Waals surface area (Å²) in [5.41, 5.74) is 0. The van der Waals surface area contributed by atoms with Gasteiger partial charge in [-0.3, -0.25) is 0 Å². The molecule has 0 aliphatic rings. The Kier molecular flexibility index (Phi) is 8.47. The van der Waals surface area contributed by atoms with Gasteiger partial charge in [0.15, 0.2) is 0 Å². The fraction of sp³-hybridized carbons (Fsp3) is 1.00. The van der Waals surface area contributed by atoms with E-state index in [0.29, 0.717) is 13.2 Å². The Bertz CT molecular complexity index is 125. The first-order chi connectivity index (χ1) is 6.74. The van der Waals surface area contributed by atoms with Crippen molar-refractivity contribution in [3.05, 3.63) is 0 Å². The lowest BCUT2D eigenvalue weighted by atomic mass is 10.3. The largest absolute Gasteiger partial charge is 0.500 e. The second-order valence-corrected chi connectivity index (χ2v) is 6.06. The first-order valence-corrected chi connectivity index (χ1v) is 7.50. The summed E-state index contributed by atoms with van der Waals surface area (Å²) < 4.78 is 16.8. The van der Waals surface area contributed by atoms with E-state index in [0.717, 1.165) is 12.5 Å². The molecule has 0 spiro atoms. The van der Waals surface area contributed by atoms with Crippen LogP contribution in [0.3, 0.4) is 0 Å². The lowest BCUT2D eigenvalue weighted by molar-refractivity contribution is 0.0860. The number of hydrogen-bond donors (Lipinski definition) is 0. The van der Waals surface area contributed by atoms with Crippen molar-refractivity contribution < 1.29 is 13.3 Å². The minimum Gasteiger partial charge on any atom is -0.377 e. The van der Waals surface area contributed by atoms with Crippen LogP contribution in [0.4, 0.5) is 0 Å². The van der Waals surface area contributed by atoms with Crippen LogP contribution in [-0.2, 0) is 13.3 Å². The Morgan fingerprint density at radius 1 is 0.929 bits per heavy atom. The average Bonchev–Trinajstić information content (AvgIpc) is 2.19. The van der Waals surface area contributed by atoms with Gasteiger partial charge in [-0.2, -0.15) is 0 Å². The SMILES string of the molecule is CCCCC[Si](OC)(OCC)OCC. The molecule has 14 heavy (non-hydrogen) atoms. The van der Waals surface area contributed by atoms with Crippen LogP contribution in [0.15, 0.2) is 0 Å². The van der Waals surface area contributed by atoms with Crippen LogP contribution in [0.2, 0.25) is 6.04 Å². The van der Waals surface area contributed by atoms with Crippen molar-refractivity contribution in [1.82, 2.24) is 0 Å². The third-order valence-corrected chi connectivity index (χ3v) is 5.17. The third-order valence-electron chi connectivity index (χ3n) is 2.13. The van der Waals surface area contributed by atoms with E-state index in [4.69, 9.17) is 13.3 Å². The van der Waals surface area contributed by atoms with Gasteiger partial charge in [-0.05, 0) is 20.3 Å². The number of hydrogen-bond acceptors (Lipinski definition) is 3. The summed E-state index contributed by atoms with van der Waals surface area (Å²) in [6.07, 6.45) is 3.57. The van der Waals surface area contributed by atoms with Gasteiger partial charge >= 0.3 is 8.80 Å². The molecule has 0 saturated carbocycles. The van der Waals surface area contributed by atoms with Crippen molar-refractivity contribution in [1.29, 1.82) is 0 Å². The second kappa shape index (κ2) is 8.41. The van der Waals surface area contributed by atoms with E-state index in [1.807, 2.05) is 13.8 Å². The standard InChI is InChI=1S/C10H24O3Si/c1-5-8-9-10-14(11-4,12-6-2)13-7-3/h5-10H2,1-4H3. The number of rotatable bonds is 9. The number of unbranched alkanes of at least 4 members (excludes halogenated alkanes) is 2. The summed E-state index contributed by atoms with van der Waals surface area (Å²) in [7, 11) is -0.609. The quantitative estimate of drug-likeness (QED) is 0.442. The zero-order valence-electron chi connectivity index (χ0n) is 9.97. The molecule has 0 radical (unpaired) electrons. The molecule has 0 bridgehead atoms. The second-order valence-electron chi connectivity index (χ2n) is 3.21. The Labute approximate surface area is 89.1 Å². The molecule has 0 aromatic rings. The maximum atomic E-state index is 5.66. The highest BCUT2D eigenvalue weighted by Gasteiger charge is 2.38. The molecule has 4 heteroatoms. The van der Waals surface area contributed by atoms with E-state index in [-0.39, 0.29) is 0 Å². The first kappa shape index (κ1) is 14.1. The van der Waals surface area contributed by atoms with Crippen molar-refractivity contribution in [2.24, 2.45) is 0 Å². The zero-order valence-corrected chi connectivity index (χ0v) is 11.0. The third kappa shape index (κ3) is 5.10. The fourth-order valence-electron chi connectivity index (χ4n) is 1.44. The summed E-state index contributed by atoms with van der Waals surface area (Å²) in [6, 6.07) is 0.943. The monoisotopic (exact) mass is 220 g/mol. The normalized spacial score (nSPS) is 12.0. The van der Waals surface area contributed by atoms with E-state index in [2.05, 4.69) is 6.92 Å². The molecule has 0 unspecified atom stereocenters. The molecule has 0 amide bonds. The van der Waals surface area contributed by atoms with Gasteiger partial charge in [0.05, 0.1) is 0 Å². The van der Waals surface area contributed by atoms with Crippen LogP contribution < -0.4 is 0 Å². The predicted octanol–water partition coefficient (Wildman–Crippen LogP) is 2.83. The predicted molar refractivity (Wildman–Crippen MR) is 60.3 cm³/mol. The topological polar surface area (TPSA) is 27.7 Å². The van der Waals surface area contributed by atoms with Crippen molar-refractivity contribution in [3.63, 3.8) is 0 Å². The molecular weight excluding hydrogens is 196 g/mol. The molecule has 0 fully saturated rings. The van der Waals surface area contributed by atoms with Crippen molar-refractivity contribution in [2.45, 2.75) is 46.1 Å². The van der Waals surface area contributed by atoms with E-state index in [9.17, 15) is 0 Å². The van der Waals surface area contributed by atoms with Crippen LogP contribution in [0.5, 0.6) is 0 Å². The smallest absolute Gasteiger partial charge is 0.377 e. The van der Waals surface area contributed by atoms with Gasteiger partial charge in [-0.1, -0.05) is 19.8 Å². The van der Waals surface area contributed by atoms with E-state index in [1.165, 1.54) is 12.8 Å². The van der Waals surface area contributed by atoms with Crippen LogP contribution >= 0.6 is 0 Å². The molecule has 0 saturated heterocycles. The van der Waals surface area contributed by atoms with Gasteiger partial charge in [0, 0.05) is 26.4 Å². The summed E-state index contributed by atoms with van der Waals surface area (Å²) in [5, 5.41) is 0. The van der Waals surface area contributed by atoms with Crippen LogP contribution in [0.25, 0.3) is 0 Å². The van der Waals surface area contributed by atoms with E-state index >= 15 is 0 Å². The Morgan fingerprint density at radius 3 is 1.86 bits per heavy atom. The molecule has 0 aliphatic carbocycles. The van der Waals surface area contributed by atoms with Gasteiger partial charge in [0.25, 0.3) is 0 Å². The first-order valence-electron chi connectivity index (χ1n) is 5.57. The Hall–Kier alpha value is 0.0969. The van der Waals surface area contributed by atoms with Gasteiger partial charge in [-0.25, -0.2) is 0 Å². The van der Waals surface area contributed by atoms with Crippen LogP contribution in [0.1, 0.15) is 40.0 Å². The maximum absolute atomic E-state index is 5.66. The lowest BCUT2D eigenvalue weighted by Crippen LogP contribution is -2.44. The molecule has 86 valence electrons. The van der Waals surface area contributed by atoms with Gasteiger partial charge in [-0.15, -0.1) is 0 Å². The van der Waals surface area contributed by atoms with Gasteiger partial charge in [0.2, 0.25) is 0 Å². The highest BCUT2D eigenvalue weighted by molar-refractivity contribution is 6.60. The van der Waals surface area contributed by atoms with Crippen molar-refractivity contribution >= 4 is 8.80 Å². The van der Waals surface area contributed by atoms with Crippen LogP contribution in [-0.4, -0.2) is 29.1 Å². The molecule has 0 rings (SSSR count). The Morgan fingerprint density at radius 2 is 1.50 bits per heavy atom. The minimum atomic E-state index is -2.31. The van der Waals surface area contributed by atoms with Crippen molar-refractivity contribution in [2.75, 3.05) is 20.3 Å². The van der Waals surface area contributed by atoms with Crippen LogP contribution in [0, 0.1) is 0 Å². The Balaban J connectivity index is 4.03. The molecular formula is C10H24O3Si. The fourth-order valence-corrected chi connectivity index (χ4v) is 3.81. The lowest BCUT2D eigenvalue weighted by Gasteiger charge is -2.27. The summed E-state index contributed by atoms with van der Waals surface area (Å²) in [5.74, 6) is 0. The van der Waals surface area contributed by atoms with Crippen molar-refractivity contribution in [3.8, 4) is 0 Å². The van der Waals surface area contributed by atoms with Gasteiger partial charge in [0.1, 0.15) is 0 Å². The minimum absolute atomic E-state index is 0.673. The van der Waals surface area contributed by atoms with Gasteiger partial charge < -0.3 is 13.3 Å². The molecule has 0 aliphatic heterocycles. The molecule has 0 heterocycles. The molecule has 0 atom stereocenters. The molecule has 0 N–H and O–H groups in total. The molecule has 0 aromatic heterocycles. The highest BCUT2D eigenvalue weighted by atomic mass is 28.4. The van der Waals surface area contributed by atoms with E-state index in [1.54, 1.807) is 7.11 Å². The zero-order chi connectivity index (χ0) is 10.9. The summed E-state index contributed by atoms with van der Waals surface area (Å²) in [4.78, 5) is 0. The molecule has 3 nitrogen and oxygen atoms in total. The summed E-state index contributed by atoms with van der Waals surface area (Å²) in [6.45, 7) is 7.51. The van der Waals surface area contributed by atoms with E-state index < -0.39 is 8.80 Å². The summed E-state index contributed by atoms with van der Waals surface area (Å²) >= 11 is 0. The maximum Gasteiger partial charge on any atom is 0.500 e. The highest BCUT2D eigenvalue weighted by Crippen LogP contribution is 2.18.